The number of carbonyl (C=O) groups excluding carboxylic acids is 2. The molecule has 33 heavy (non-hydrogen) atoms. The molecule has 0 saturated heterocycles. The number of fused-ring (bicyclic) bond motifs is 3. The van der Waals surface area contributed by atoms with Gasteiger partial charge in [-0.05, 0) is 28.7 Å². The minimum absolute atomic E-state index is 0.0792. The van der Waals surface area contributed by atoms with Crippen molar-refractivity contribution >= 4 is 18.0 Å². The van der Waals surface area contributed by atoms with Gasteiger partial charge in [0.15, 0.2) is 0 Å². The molecular weight excluding hydrogens is 426 g/mol. The number of carbonyl (C=O) groups is 3. The van der Waals surface area contributed by atoms with E-state index >= 15 is 0 Å². The molecule has 0 radical (unpaired) electrons. The van der Waals surface area contributed by atoms with E-state index in [0.717, 1.165) is 22.3 Å². The second-order valence-electron chi connectivity index (χ2n) is 7.63. The Bertz CT molecular complexity index is 1100. The summed E-state index contributed by atoms with van der Waals surface area (Å²) in [6.07, 6.45) is 0.297. The summed E-state index contributed by atoms with van der Waals surface area (Å²) in [5.74, 6) is -1.73. The lowest BCUT2D eigenvalue weighted by Crippen LogP contribution is -2.47. The van der Waals surface area contributed by atoms with Crippen molar-refractivity contribution in [1.29, 1.82) is 0 Å². The van der Waals surface area contributed by atoms with Gasteiger partial charge in [-0.1, -0.05) is 48.5 Å². The summed E-state index contributed by atoms with van der Waals surface area (Å²) in [5, 5.41) is 24.0. The first kappa shape index (κ1) is 22.0. The van der Waals surface area contributed by atoms with E-state index in [2.05, 4.69) is 26.0 Å². The van der Waals surface area contributed by atoms with Crippen LogP contribution >= 0.6 is 0 Å². The van der Waals surface area contributed by atoms with Crippen molar-refractivity contribution in [1.82, 2.24) is 26.0 Å². The molecule has 1 aromatic heterocycles. The third-order valence-electron chi connectivity index (χ3n) is 5.51. The number of benzene rings is 2. The fourth-order valence-electron chi connectivity index (χ4n) is 3.93. The van der Waals surface area contributed by atoms with Gasteiger partial charge in [-0.2, -0.15) is 15.4 Å². The molecule has 0 bridgehead atoms. The zero-order valence-corrected chi connectivity index (χ0v) is 17.7. The molecule has 4 N–H and O–H groups in total. The Hall–Kier alpha value is -4.21. The van der Waals surface area contributed by atoms with Gasteiger partial charge in [0.1, 0.15) is 18.3 Å². The molecule has 0 fully saturated rings. The van der Waals surface area contributed by atoms with E-state index in [9.17, 15) is 14.4 Å². The number of ether oxygens (including phenoxy) is 1. The van der Waals surface area contributed by atoms with E-state index < -0.39 is 24.0 Å². The number of amides is 2. The summed E-state index contributed by atoms with van der Waals surface area (Å²) in [6, 6.07) is 14.8. The summed E-state index contributed by atoms with van der Waals surface area (Å²) in [7, 11) is 0. The van der Waals surface area contributed by atoms with Gasteiger partial charge in [-0.3, -0.25) is 9.59 Å². The Morgan fingerprint density at radius 3 is 2.33 bits per heavy atom. The number of aromatic nitrogens is 3. The quantitative estimate of drug-likeness (QED) is 0.392. The third-order valence-corrected chi connectivity index (χ3v) is 5.51. The van der Waals surface area contributed by atoms with Crippen molar-refractivity contribution in [3.63, 3.8) is 0 Å². The van der Waals surface area contributed by atoms with E-state index in [1.165, 1.54) is 6.20 Å². The van der Waals surface area contributed by atoms with E-state index in [-0.39, 0.29) is 31.9 Å². The lowest BCUT2D eigenvalue weighted by molar-refractivity contribution is -0.137. The Morgan fingerprint density at radius 1 is 1.06 bits per heavy atom. The predicted molar refractivity (Wildman–Crippen MR) is 117 cm³/mol. The topological polar surface area (TPSA) is 146 Å². The molecule has 3 aromatic rings. The van der Waals surface area contributed by atoms with Crippen molar-refractivity contribution in [3.05, 3.63) is 71.5 Å². The van der Waals surface area contributed by atoms with Crippen LogP contribution in [0.3, 0.4) is 0 Å². The largest absolute Gasteiger partial charge is 0.481 e. The summed E-state index contributed by atoms with van der Waals surface area (Å²) in [6.45, 7) is 0.178. The van der Waals surface area contributed by atoms with Crippen LogP contribution in [0.4, 0.5) is 4.79 Å². The fourth-order valence-corrected chi connectivity index (χ4v) is 3.93. The van der Waals surface area contributed by atoms with Crippen molar-refractivity contribution in [2.24, 2.45) is 0 Å². The lowest BCUT2D eigenvalue weighted by Gasteiger charge is -2.19. The Morgan fingerprint density at radius 2 is 1.73 bits per heavy atom. The van der Waals surface area contributed by atoms with Gasteiger partial charge in [0.05, 0.1) is 12.7 Å². The van der Waals surface area contributed by atoms with Gasteiger partial charge in [-0.25, -0.2) is 4.79 Å². The molecule has 0 aliphatic heterocycles. The minimum Gasteiger partial charge on any atom is -0.481 e. The third kappa shape index (κ3) is 5.17. The van der Waals surface area contributed by atoms with E-state index in [4.69, 9.17) is 9.84 Å². The van der Waals surface area contributed by atoms with Crippen molar-refractivity contribution < 1.29 is 24.2 Å². The zero-order valence-electron chi connectivity index (χ0n) is 17.7. The standard InChI is InChI=1S/C23H23N5O5/c29-21(30)10-9-20(22(31)24-11-14-12-25-28-27-14)26-23(32)33-13-19-17-7-3-1-5-15(17)16-6-2-4-8-18(16)19/h1-8,12,19-20H,9-11,13H2,(H,24,31)(H,26,32)(H,29,30)(H,25,27,28). The number of alkyl carbamates (subject to hydrolysis) is 1. The summed E-state index contributed by atoms with van der Waals surface area (Å²) in [4.78, 5) is 36.1. The van der Waals surface area contributed by atoms with Gasteiger partial charge in [0, 0.05) is 12.3 Å². The van der Waals surface area contributed by atoms with E-state index in [0.29, 0.717) is 5.69 Å². The molecule has 1 heterocycles. The van der Waals surface area contributed by atoms with Crippen LogP contribution in [-0.2, 0) is 20.9 Å². The number of hydrogen-bond donors (Lipinski definition) is 4. The molecule has 170 valence electrons. The van der Waals surface area contributed by atoms with Gasteiger partial charge in [0.2, 0.25) is 5.91 Å². The molecule has 0 spiro atoms. The van der Waals surface area contributed by atoms with Gasteiger partial charge in [-0.15, -0.1) is 0 Å². The van der Waals surface area contributed by atoms with Crippen molar-refractivity contribution in [3.8, 4) is 11.1 Å². The molecule has 1 aliphatic carbocycles. The SMILES string of the molecule is O=C(O)CCC(NC(=O)OCC1c2ccccc2-c2ccccc21)C(=O)NCc1cn[nH]n1. The fraction of sp³-hybridized carbons (Fsp3) is 0.261. The van der Waals surface area contributed by atoms with Crippen molar-refractivity contribution in [2.45, 2.75) is 31.3 Å². The van der Waals surface area contributed by atoms with Gasteiger partial charge in [0.25, 0.3) is 0 Å². The van der Waals surface area contributed by atoms with Crippen LogP contribution in [0.5, 0.6) is 0 Å². The second kappa shape index (κ2) is 9.94. The molecule has 0 saturated carbocycles. The highest BCUT2D eigenvalue weighted by Gasteiger charge is 2.30. The molecule has 4 rings (SSSR count). The number of H-pyrrole nitrogens is 1. The van der Waals surface area contributed by atoms with Crippen LogP contribution in [0, 0.1) is 0 Å². The van der Waals surface area contributed by atoms with E-state index in [1.54, 1.807) is 0 Å². The summed E-state index contributed by atoms with van der Waals surface area (Å²) >= 11 is 0. The molecule has 2 amide bonds. The highest BCUT2D eigenvalue weighted by atomic mass is 16.5. The average Bonchev–Trinajstić information content (AvgIpc) is 3.45. The minimum atomic E-state index is -1.07. The predicted octanol–water partition coefficient (Wildman–Crippen LogP) is 2.19. The lowest BCUT2D eigenvalue weighted by atomic mass is 9.98. The highest BCUT2D eigenvalue weighted by Crippen LogP contribution is 2.44. The van der Waals surface area contributed by atoms with Crippen molar-refractivity contribution in [2.75, 3.05) is 6.61 Å². The molecular formula is C23H23N5O5. The number of carboxylic acid groups (broad SMARTS) is 1. The van der Waals surface area contributed by atoms with Crippen LogP contribution in [-0.4, -0.2) is 51.1 Å². The Kier molecular flexibility index (Phi) is 6.63. The number of hydrogen-bond acceptors (Lipinski definition) is 6. The van der Waals surface area contributed by atoms with Crippen LogP contribution in [0.2, 0.25) is 0 Å². The van der Waals surface area contributed by atoms with Crippen LogP contribution in [0.25, 0.3) is 11.1 Å². The Balaban J connectivity index is 1.39. The normalized spacial score (nSPS) is 13.0. The second-order valence-corrected chi connectivity index (χ2v) is 7.63. The van der Waals surface area contributed by atoms with Crippen LogP contribution < -0.4 is 10.6 Å². The van der Waals surface area contributed by atoms with Crippen LogP contribution in [0.15, 0.2) is 54.7 Å². The molecule has 1 unspecified atom stereocenters. The maximum absolute atomic E-state index is 12.5. The zero-order chi connectivity index (χ0) is 23.2. The summed E-state index contributed by atoms with van der Waals surface area (Å²) < 4.78 is 5.47. The maximum atomic E-state index is 12.5. The Labute approximate surface area is 189 Å². The van der Waals surface area contributed by atoms with Gasteiger partial charge < -0.3 is 20.5 Å². The van der Waals surface area contributed by atoms with Gasteiger partial charge >= 0.3 is 12.1 Å². The smallest absolute Gasteiger partial charge is 0.407 e. The number of nitrogens with zero attached hydrogens (tertiary/aromatic N) is 2. The molecule has 10 heteroatoms. The highest BCUT2D eigenvalue weighted by molar-refractivity contribution is 5.86. The first-order valence-corrected chi connectivity index (χ1v) is 10.5. The van der Waals surface area contributed by atoms with E-state index in [1.807, 2.05) is 48.5 Å². The molecule has 10 nitrogen and oxygen atoms in total. The number of rotatable bonds is 9. The first-order chi connectivity index (χ1) is 16.0. The molecule has 1 atom stereocenters. The number of aromatic amines is 1. The molecule has 2 aromatic carbocycles. The molecule has 1 aliphatic rings. The maximum Gasteiger partial charge on any atom is 0.407 e. The van der Waals surface area contributed by atoms with Crippen LogP contribution in [0.1, 0.15) is 35.6 Å². The number of nitrogens with one attached hydrogen (secondary N) is 3. The number of carboxylic acids is 1. The first-order valence-electron chi connectivity index (χ1n) is 10.5. The number of aliphatic carboxylic acids is 1. The average molecular weight is 449 g/mol. The summed E-state index contributed by atoms with van der Waals surface area (Å²) in [5.41, 5.74) is 4.85. The monoisotopic (exact) mass is 449 g/mol.